The van der Waals surface area contributed by atoms with Crippen molar-refractivity contribution in [3.63, 3.8) is 0 Å². The maximum Gasteiger partial charge on any atom is 0.308 e. The fourth-order valence-corrected chi connectivity index (χ4v) is 1.35. The Labute approximate surface area is 177 Å². The van der Waals surface area contributed by atoms with Crippen LogP contribution in [0.1, 0.15) is 34.1 Å². The number of carboxylic acids is 4. The molecule has 0 aliphatic carbocycles. The number of aliphatic carboxylic acids is 4. The van der Waals surface area contributed by atoms with Crippen LogP contribution in [0.5, 0.6) is 0 Å². The van der Waals surface area contributed by atoms with Gasteiger partial charge in [0, 0.05) is 27.7 Å². The van der Waals surface area contributed by atoms with Crippen LogP contribution in [0.4, 0.5) is 0 Å². The van der Waals surface area contributed by atoms with Gasteiger partial charge in [0.1, 0.15) is 18.3 Å². The Bertz CT molecular complexity index is 483. The number of aliphatic hydroxyl groups excluding tert-OH is 4. The number of carboxylic acid groups (broad SMARTS) is 4. The Balaban J connectivity index is -0.000000187. The van der Waals surface area contributed by atoms with E-state index in [9.17, 15) is 15.0 Å². The van der Waals surface area contributed by atoms with Crippen LogP contribution in [0, 0.1) is 0 Å². The summed E-state index contributed by atoms with van der Waals surface area (Å²) >= 11 is 0. The average Bonchev–Trinajstić information content (AvgIpc) is 2.55. The van der Waals surface area contributed by atoms with Crippen LogP contribution in [0.25, 0.3) is 0 Å². The number of carbonyl (C=O) groups excluding carboxylic acids is 1. The minimum Gasteiger partial charge on any atom is -0.481 e. The molecule has 1 heterocycles. The maximum atomic E-state index is 10.9. The third-order valence-corrected chi connectivity index (χ3v) is 2.28. The van der Waals surface area contributed by atoms with Gasteiger partial charge in [-0.05, 0) is 0 Å². The van der Waals surface area contributed by atoms with Crippen molar-refractivity contribution in [1.82, 2.24) is 0 Å². The van der Waals surface area contributed by atoms with Gasteiger partial charge < -0.3 is 50.3 Å². The zero-order valence-corrected chi connectivity index (χ0v) is 17.5. The van der Waals surface area contributed by atoms with Crippen LogP contribution < -0.4 is 0 Å². The number of aliphatic hydroxyl groups is 4. The number of rotatable bonds is 2. The molecule has 184 valence electrons. The second kappa shape index (κ2) is 20.4. The maximum absolute atomic E-state index is 10.9. The van der Waals surface area contributed by atoms with E-state index in [1.54, 1.807) is 0 Å². The lowest BCUT2D eigenvalue weighted by Gasteiger charge is -2.37. The third kappa shape index (κ3) is 32.0. The highest BCUT2D eigenvalue weighted by Gasteiger charge is 2.43. The summed E-state index contributed by atoms with van der Waals surface area (Å²) in [4.78, 5) is 46.9. The van der Waals surface area contributed by atoms with Crippen molar-refractivity contribution in [2.45, 2.75) is 64.8 Å². The van der Waals surface area contributed by atoms with Crippen molar-refractivity contribution in [3.8, 4) is 0 Å². The lowest BCUT2D eigenvalue weighted by Crippen LogP contribution is -2.57. The topological polar surface area (TPSA) is 266 Å². The Kier molecular flexibility index (Phi) is 23.4. The fourth-order valence-electron chi connectivity index (χ4n) is 1.35. The van der Waals surface area contributed by atoms with Gasteiger partial charge in [0.25, 0.3) is 23.9 Å². The van der Waals surface area contributed by atoms with Crippen LogP contribution in [-0.2, 0) is 33.4 Å². The second-order valence-corrected chi connectivity index (χ2v) is 5.39. The third-order valence-electron chi connectivity index (χ3n) is 2.28. The molecule has 1 rings (SSSR count). The molecule has 1 aliphatic rings. The van der Waals surface area contributed by atoms with E-state index in [-0.39, 0.29) is 6.42 Å². The van der Waals surface area contributed by atoms with Gasteiger partial charge in [-0.3, -0.25) is 24.0 Å². The Morgan fingerprint density at radius 2 is 0.968 bits per heavy atom. The van der Waals surface area contributed by atoms with Crippen LogP contribution >= 0.6 is 0 Å². The van der Waals surface area contributed by atoms with E-state index in [4.69, 9.17) is 54.6 Å². The van der Waals surface area contributed by atoms with Gasteiger partial charge in [-0.1, -0.05) is 0 Å². The summed E-state index contributed by atoms with van der Waals surface area (Å²) in [6.45, 7) is 4.33. The van der Waals surface area contributed by atoms with Crippen molar-refractivity contribution in [2.24, 2.45) is 0 Å². The van der Waals surface area contributed by atoms with E-state index < -0.39 is 60.6 Å². The van der Waals surface area contributed by atoms with Gasteiger partial charge in [-0.25, -0.2) is 0 Å². The van der Waals surface area contributed by atoms with E-state index in [2.05, 4.69) is 4.74 Å². The molecule has 1 fully saturated rings. The largest absolute Gasteiger partial charge is 0.481 e. The van der Waals surface area contributed by atoms with Crippen molar-refractivity contribution >= 4 is 29.8 Å². The number of ether oxygens (including phenoxy) is 2. The molecule has 5 atom stereocenters. The summed E-state index contributed by atoms with van der Waals surface area (Å²) in [5.41, 5.74) is 0. The highest BCUT2D eigenvalue weighted by atomic mass is 16.6. The summed E-state index contributed by atoms with van der Waals surface area (Å²) in [7, 11) is 1.17. The molecule has 0 radical (unpaired) electrons. The number of esters is 1. The van der Waals surface area contributed by atoms with Crippen molar-refractivity contribution < 1.29 is 74.3 Å². The van der Waals surface area contributed by atoms with Crippen LogP contribution in [0.2, 0.25) is 0 Å². The summed E-state index contributed by atoms with van der Waals surface area (Å²) in [5.74, 6) is -3.98. The first-order chi connectivity index (χ1) is 13.9. The number of hydrogen-bond acceptors (Lipinski definition) is 11. The van der Waals surface area contributed by atoms with Crippen LogP contribution in [0.15, 0.2) is 0 Å². The minimum absolute atomic E-state index is 0.307. The van der Waals surface area contributed by atoms with E-state index in [1.807, 2.05) is 0 Å². The highest BCUT2D eigenvalue weighted by molar-refractivity contribution is 5.69. The molecule has 0 aromatic carbocycles. The summed E-state index contributed by atoms with van der Waals surface area (Å²) < 4.78 is 9.09. The van der Waals surface area contributed by atoms with Crippen molar-refractivity contribution in [3.05, 3.63) is 0 Å². The van der Waals surface area contributed by atoms with E-state index in [0.29, 0.717) is 0 Å². The zero-order chi connectivity index (χ0) is 25.9. The summed E-state index contributed by atoms with van der Waals surface area (Å²) in [6.07, 6.45) is -7.61. The van der Waals surface area contributed by atoms with E-state index >= 15 is 0 Å². The number of hydrogen-bond donors (Lipinski definition) is 8. The molecule has 31 heavy (non-hydrogen) atoms. The number of methoxy groups -OCH3 is 1. The molecule has 15 heteroatoms. The Hall–Kier alpha value is -2.85. The first-order valence-corrected chi connectivity index (χ1v) is 8.13. The lowest BCUT2D eigenvalue weighted by atomic mass is 9.97. The van der Waals surface area contributed by atoms with Gasteiger partial charge in [0.2, 0.25) is 0 Å². The quantitative estimate of drug-likeness (QED) is 0.201. The highest BCUT2D eigenvalue weighted by Crippen LogP contribution is 2.22. The monoisotopic (exact) mass is 462 g/mol. The summed E-state index contributed by atoms with van der Waals surface area (Å²) in [5, 5.41) is 66.6. The predicted molar refractivity (Wildman–Crippen MR) is 98.8 cm³/mol. The Morgan fingerprint density at radius 1 is 0.677 bits per heavy atom. The van der Waals surface area contributed by atoms with E-state index in [1.165, 1.54) is 7.11 Å². The van der Waals surface area contributed by atoms with Gasteiger partial charge in [0.05, 0.1) is 19.6 Å². The molecule has 15 nitrogen and oxygen atoms in total. The predicted octanol–water partition coefficient (Wildman–Crippen LogP) is -2.29. The minimum atomic E-state index is -1.63. The SMILES string of the molecule is CC(=O)O.CC(=O)O.CC(=O)O.CC(=O)O.COC(=O)C[C@H]1O[C@H](O)[C@@H](O)[C@@H](O)[C@H]1O. The molecule has 0 unspecified atom stereocenters. The number of carbonyl (C=O) groups is 5. The fraction of sp³-hybridized carbons (Fsp3) is 0.688. The standard InChI is InChI=1S/C8H14O7.4C2H4O2/c1-14-4(9)2-3-5(10)6(11)7(12)8(13)15-3;4*1-2(3)4/h3,5-8,10-13H,2H2,1H3;4*1H3,(H,3,4)/t3-,5+,6+,7+,8+;;;;/m1..../s1. The second-order valence-electron chi connectivity index (χ2n) is 5.39. The molecule has 0 aromatic heterocycles. The zero-order valence-electron chi connectivity index (χ0n) is 17.5. The lowest BCUT2D eigenvalue weighted by molar-refractivity contribution is -0.282. The molecule has 1 saturated heterocycles. The van der Waals surface area contributed by atoms with Gasteiger partial charge in [0.15, 0.2) is 6.29 Å². The molecule has 0 saturated carbocycles. The van der Waals surface area contributed by atoms with Crippen molar-refractivity contribution in [2.75, 3.05) is 7.11 Å². The molecule has 0 aromatic rings. The van der Waals surface area contributed by atoms with Crippen LogP contribution in [-0.4, -0.2) is 109 Å². The van der Waals surface area contributed by atoms with Gasteiger partial charge in [-0.15, -0.1) is 0 Å². The molecule has 1 aliphatic heterocycles. The first-order valence-electron chi connectivity index (χ1n) is 8.13. The molecular weight excluding hydrogens is 432 g/mol. The first kappa shape index (κ1) is 35.6. The molecule has 0 bridgehead atoms. The average molecular weight is 462 g/mol. The smallest absolute Gasteiger partial charge is 0.308 e. The van der Waals surface area contributed by atoms with E-state index in [0.717, 1.165) is 27.7 Å². The normalized spacial score (nSPS) is 23.2. The molecular formula is C16H30O15. The van der Waals surface area contributed by atoms with Crippen LogP contribution in [0.3, 0.4) is 0 Å². The van der Waals surface area contributed by atoms with Gasteiger partial charge in [-0.2, -0.15) is 0 Å². The summed E-state index contributed by atoms with van der Waals surface area (Å²) in [6, 6.07) is 0. The van der Waals surface area contributed by atoms with Gasteiger partial charge >= 0.3 is 5.97 Å². The molecule has 0 spiro atoms. The molecule has 0 amide bonds. The van der Waals surface area contributed by atoms with Crippen molar-refractivity contribution in [1.29, 1.82) is 0 Å². The Morgan fingerprint density at radius 3 is 1.23 bits per heavy atom. The molecule has 8 N–H and O–H groups in total.